The Morgan fingerprint density at radius 3 is 2.91 bits per heavy atom. The molecule has 3 rings (SSSR count). The number of rotatable bonds is 5. The zero-order valence-electron chi connectivity index (χ0n) is 11.9. The van der Waals surface area contributed by atoms with Gasteiger partial charge in [0.15, 0.2) is 0 Å². The van der Waals surface area contributed by atoms with E-state index < -0.39 is 5.41 Å². The van der Waals surface area contributed by atoms with Crippen LogP contribution in [0.4, 0.5) is 5.69 Å². The number of halogens is 1. The van der Waals surface area contributed by atoms with Gasteiger partial charge >= 0.3 is 0 Å². The highest BCUT2D eigenvalue weighted by atomic mass is 35.5. The van der Waals surface area contributed by atoms with Crippen molar-refractivity contribution in [2.75, 3.05) is 18.4 Å². The average molecular weight is 315 g/mol. The fraction of sp³-hybridized carbons (Fsp3) is 0.312. The molecule has 22 heavy (non-hydrogen) atoms. The maximum Gasteiger partial charge on any atom is 0.240 e. The Balaban J connectivity index is 1.58. The van der Waals surface area contributed by atoms with Crippen LogP contribution in [0, 0.1) is 16.7 Å². The fourth-order valence-corrected chi connectivity index (χ4v) is 2.50. The fourth-order valence-electron chi connectivity index (χ4n) is 2.33. The van der Waals surface area contributed by atoms with Gasteiger partial charge in [0.1, 0.15) is 5.41 Å². The van der Waals surface area contributed by atoms with Crippen molar-refractivity contribution in [1.29, 1.82) is 5.26 Å². The van der Waals surface area contributed by atoms with E-state index in [4.69, 9.17) is 16.9 Å². The molecule has 1 heterocycles. The summed E-state index contributed by atoms with van der Waals surface area (Å²) in [7, 11) is 0. The Bertz CT molecular complexity index is 764. The molecule has 0 bridgehead atoms. The summed E-state index contributed by atoms with van der Waals surface area (Å²) < 4.78 is 0. The second-order valence-corrected chi connectivity index (χ2v) is 5.83. The number of fused-ring (bicyclic) bond motifs is 1. The maximum absolute atomic E-state index is 11.8. The van der Waals surface area contributed by atoms with E-state index in [1.807, 2.05) is 24.3 Å². The molecule has 2 N–H and O–H groups in total. The quantitative estimate of drug-likeness (QED) is 0.832. The molecule has 1 amide bonds. The van der Waals surface area contributed by atoms with Crippen molar-refractivity contribution in [2.45, 2.75) is 12.8 Å². The highest BCUT2D eigenvalue weighted by Gasteiger charge is 2.50. The van der Waals surface area contributed by atoms with E-state index in [1.54, 1.807) is 6.20 Å². The van der Waals surface area contributed by atoms with Crippen molar-refractivity contribution in [3.63, 3.8) is 0 Å². The van der Waals surface area contributed by atoms with E-state index in [2.05, 4.69) is 21.7 Å². The van der Waals surface area contributed by atoms with Crippen LogP contribution >= 0.6 is 11.6 Å². The molecule has 1 saturated carbocycles. The van der Waals surface area contributed by atoms with Gasteiger partial charge < -0.3 is 10.6 Å². The maximum atomic E-state index is 11.8. The van der Waals surface area contributed by atoms with E-state index in [9.17, 15) is 4.79 Å². The molecule has 0 unspecified atom stereocenters. The number of hydrogen-bond donors (Lipinski definition) is 2. The Hall–Kier alpha value is -2.32. The van der Waals surface area contributed by atoms with E-state index in [0.717, 1.165) is 16.6 Å². The Labute approximate surface area is 133 Å². The number of nitriles is 1. The molecule has 0 spiro atoms. The minimum Gasteiger partial charge on any atom is -0.383 e. The third-order valence-corrected chi connectivity index (χ3v) is 4.06. The van der Waals surface area contributed by atoms with Gasteiger partial charge in [-0.1, -0.05) is 11.6 Å². The summed E-state index contributed by atoms with van der Waals surface area (Å²) in [6.07, 6.45) is 3.05. The SMILES string of the molecule is N#CC1(C(=O)NCCNc2ccnc3cc(Cl)ccc23)CC1. The van der Waals surface area contributed by atoms with Crippen LogP contribution in [0.3, 0.4) is 0 Å². The number of amides is 1. The molecule has 0 radical (unpaired) electrons. The lowest BCUT2D eigenvalue weighted by molar-refractivity contribution is -0.124. The monoisotopic (exact) mass is 314 g/mol. The van der Waals surface area contributed by atoms with E-state index >= 15 is 0 Å². The van der Waals surface area contributed by atoms with Crippen molar-refractivity contribution in [3.05, 3.63) is 35.5 Å². The van der Waals surface area contributed by atoms with Crippen molar-refractivity contribution in [3.8, 4) is 6.07 Å². The largest absolute Gasteiger partial charge is 0.383 e. The van der Waals surface area contributed by atoms with Gasteiger partial charge in [-0.3, -0.25) is 9.78 Å². The number of nitrogens with zero attached hydrogens (tertiary/aromatic N) is 2. The lowest BCUT2D eigenvalue weighted by atomic mass is 10.1. The molecule has 5 nitrogen and oxygen atoms in total. The van der Waals surface area contributed by atoms with Gasteiger partial charge in [-0.2, -0.15) is 5.26 Å². The number of carbonyl (C=O) groups excluding carboxylic acids is 1. The van der Waals surface area contributed by atoms with Crippen LogP contribution in [-0.2, 0) is 4.79 Å². The predicted octanol–water partition coefficient (Wildman–Crippen LogP) is 2.72. The molecular weight excluding hydrogens is 300 g/mol. The van der Waals surface area contributed by atoms with Crippen LogP contribution in [0.15, 0.2) is 30.5 Å². The van der Waals surface area contributed by atoms with Crippen LogP contribution in [0.1, 0.15) is 12.8 Å². The minimum atomic E-state index is -0.764. The van der Waals surface area contributed by atoms with Crippen LogP contribution in [-0.4, -0.2) is 24.0 Å². The first-order valence-corrected chi connectivity index (χ1v) is 7.50. The second kappa shape index (κ2) is 5.82. The van der Waals surface area contributed by atoms with Crippen molar-refractivity contribution < 1.29 is 4.79 Å². The molecule has 1 aromatic heterocycles. The number of hydrogen-bond acceptors (Lipinski definition) is 4. The van der Waals surface area contributed by atoms with Gasteiger partial charge in [0.05, 0.1) is 11.6 Å². The van der Waals surface area contributed by atoms with E-state index in [1.165, 1.54) is 0 Å². The van der Waals surface area contributed by atoms with Gasteiger partial charge in [-0.25, -0.2) is 0 Å². The summed E-state index contributed by atoms with van der Waals surface area (Å²) >= 11 is 5.96. The molecule has 112 valence electrons. The van der Waals surface area contributed by atoms with Gasteiger partial charge in [0.25, 0.3) is 0 Å². The van der Waals surface area contributed by atoms with Gasteiger partial charge in [0.2, 0.25) is 5.91 Å². The summed E-state index contributed by atoms with van der Waals surface area (Å²) in [5.41, 5.74) is 1.00. The molecule has 1 fully saturated rings. The van der Waals surface area contributed by atoms with Crippen LogP contribution < -0.4 is 10.6 Å². The topological polar surface area (TPSA) is 77.8 Å². The normalized spacial score (nSPS) is 15.1. The third-order valence-electron chi connectivity index (χ3n) is 3.83. The molecule has 2 aromatic rings. The first kappa shape index (κ1) is 14.6. The number of benzene rings is 1. The van der Waals surface area contributed by atoms with Crippen LogP contribution in [0.25, 0.3) is 10.9 Å². The Morgan fingerprint density at radius 1 is 1.36 bits per heavy atom. The molecule has 1 aliphatic carbocycles. The molecule has 1 aliphatic rings. The number of carbonyl (C=O) groups is 1. The molecule has 6 heteroatoms. The van der Waals surface area contributed by atoms with Gasteiger partial charge in [-0.05, 0) is 37.1 Å². The highest BCUT2D eigenvalue weighted by molar-refractivity contribution is 6.31. The summed E-state index contributed by atoms with van der Waals surface area (Å²) in [4.78, 5) is 16.1. The van der Waals surface area contributed by atoms with E-state index in [-0.39, 0.29) is 5.91 Å². The molecule has 0 saturated heterocycles. The lowest BCUT2D eigenvalue weighted by Crippen LogP contribution is -2.34. The summed E-state index contributed by atoms with van der Waals surface area (Å²) in [6, 6.07) is 9.52. The zero-order chi connectivity index (χ0) is 15.6. The molecule has 0 aliphatic heterocycles. The third kappa shape index (κ3) is 2.83. The highest BCUT2D eigenvalue weighted by Crippen LogP contribution is 2.44. The van der Waals surface area contributed by atoms with Crippen molar-refractivity contribution in [2.24, 2.45) is 5.41 Å². The van der Waals surface area contributed by atoms with Crippen LogP contribution in [0.5, 0.6) is 0 Å². The predicted molar refractivity (Wildman–Crippen MR) is 85.5 cm³/mol. The molecule has 1 aromatic carbocycles. The Morgan fingerprint density at radius 2 is 2.18 bits per heavy atom. The first-order chi connectivity index (χ1) is 10.6. The number of aromatic nitrogens is 1. The summed E-state index contributed by atoms with van der Waals surface area (Å²) in [5, 5.41) is 16.7. The number of pyridine rings is 1. The number of anilines is 1. The lowest BCUT2D eigenvalue weighted by Gasteiger charge is -2.11. The summed E-state index contributed by atoms with van der Waals surface area (Å²) in [6.45, 7) is 1.05. The Kier molecular flexibility index (Phi) is 3.86. The average Bonchev–Trinajstić information content (AvgIpc) is 3.32. The molecular formula is C16H15ClN4O. The van der Waals surface area contributed by atoms with Gasteiger partial charge in [0, 0.05) is 35.4 Å². The first-order valence-electron chi connectivity index (χ1n) is 7.12. The minimum absolute atomic E-state index is 0.164. The van der Waals surface area contributed by atoms with Crippen molar-refractivity contribution >= 4 is 34.1 Å². The van der Waals surface area contributed by atoms with E-state index in [0.29, 0.717) is 31.0 Å². The van der Waals surface area contributed by atoms with Crippen molar-refractivity contribution in [1.82, 2.24) is 10.3 Å². The molecule has 0 atom stereocenters. The van der Waals surface area contributed by atoms with Crippen LogP contribution in [0.2, 0.25) is 5.02 Å². The van der Waals surface area contributed by atoms with Gasteiger partial charge in [-0.15, -0.1) is 0 Å². The second-order valence-electron chi connectivity index (χ2n) is 5.40. The standard InChI is InChI=1S/C16H15ClN4O/c17-11-1-2-12-13(3-6-19-14(12)9-11)20-7-8-21-15(22)16(10-18)4-5-16/h1-3,6,9H,4-5,7-8H2,(H,19,20)(H,21,22). The summed E-state index contributed by atoms with van der Waals surface area (Å²) in [5.74, 6) is -0.164. The smallest absolute Gasteiger partial charge is 0.240 e. The number of nitrogens with one attached hydrogen (secondary N) is 2. The zero-order valence-corrected chi connectivity index (χ0v) is 12.7.